The molecule has 6 heteroatoms. The standard InChI is InChI=1S/C22H26N2O3.ClH/c1-15-10-16(2)12-18(11-15)27-14-17(25)13-24-20-7-4-3-6-19(20)23-22(24)21-8-5-9-26-21;/h3-4,6-7,10-12,17,21,25H,5,8-9,13-14H2,1-2H3;1H. The summed E-state index contributed by atoms with van der Waals surface area (Å²) in [5.41, 5.74) is 4.26. The minimum absolute atomic E-state index is 0. The summed E-state index contributed by atoms with van der Waals surface area (Å²) in [6.07, 6.45) is 1.39. The average Bonchev–Trinajstić information content (AvgIpc) is 3.27. The van der Waals surface area contributed by atoms with Gasteiger partial charge in [-0.2, -0.15) is 0 Å². The SMILES string of the molecule is Cc1cc(C)cc(OCC(O)Cn2c(C3CCCO3)nc3ccccc32)c1.Cl. The Morgan fingerprint density at radius 2 is 1.96 bits per heavy atom. The Kier molecular flexibility index (Phi) is 6.60. The molecule has 1 aliphatic heterocycles. The first-order valence-corrected chi connectivity index (χ1v) is 9.56. The molecular weight excluding hydrogens is 376 g/mol. The van der Waals surface area contributed by atoms with Gasteiger partial charge in [0.1, 0.15) is 30.4 Å². The number of rotatable bonds is 6. The Labute approximate surface area is 171 Å². The maximum Gasteiger partial charge on any atom is 0.139 e. The van der Waals surface area contributed by atoms with E-state index in [0.717, 1.165) is 53.2 Å². The molecular formula is C22H27ClN2O3. The van der Waals surface area contributed by atoms with Gasteiger partial charge >= 0.3 is 0 Å². The van der Waals surface area contributed by atoms with Crippen LogP contribution in [0.4, 0.5) is 0 Å². The van der Waals surface area contributed by atoms with Gasteiger partial charge < -0.3 is 19.1 Å². The second kappa shape index (κ2) is 8.95. The van der Waals surface area contributed by atoms with Crippen molar-refractivity contribution in [1.82, 2.24) is 9.55 Å². The number of benzene rings is 2. The van der Waals surface area contributed by atoms with Crippen molar-refractivity contribution in [3.63, 3.8) is 0 Å². The topological polar surface area (TPSA) is 56.5 Å². The number of aliphatic hydroxyl groups excluding tert-OH is 1. The fraction of sp³-hybridized carbons (Fsp3) is 0.409. The van der Waals surface area contributed by atoms with Crippen LogP contribution >= 0.6 is 12.4 Å². The third-order valence-corrected chi connectivity index (χ3v) is 4.93. The highest BCUT2D eigenvalue weighted by Crippen LogP contribution is 2.30. The number of fused-ring (bicyclic) bond motifs is 1. The summed E-state index contributed by atoms with van der Waals surface area (Å²) in [6.45, 7) is 5.52. The maximum absolute atomic E-state index is 10.6. The fourth-order valence-corrected chi connectivity index (χ4v) is 3.79. The Morgan fingerprint density at radius 1 is 1.21 bits per heavy atom. The van der Waals surface area contributed by atoms with Gasteiger partial charge in [-0.25, -0.2) is 4.98 Å². The van der Waals surface area contributed by atoms with E-state index in [2.05, 4.69) is 10.6 Å². The zero-order chi connectivity index (χ0) is 18.8. The van der Waals surface area contributed by atoms with Crippen LogP contribution in [0.1, 0.15) is 35.9 Å². The number of aromatic nitrogens is 2. The molecule has 1 fully saturated rings. The van der Waals surface area contributed by atoms with Crippen LogP contribution in [-0.2, 0) is 11.3 Å². The van der Waals surface area contributed by atoms with E-state index in [9.17, 15) is 5.11 Å². The summed E-state index contributed by atoms with van der Waals surface area (Å²) < 4.78 is 13.8. The Bertz CT molecular complexity index is 914. The van der Waals surface area contributed by atoms with Crippen molar-refractivity contribution in [1.29, 1.82) is 0 Å². The molecule has 0 spiro atoms. The van der Waals surface area contributed by atoms with Crippen molar-refractivity contribution in [2.45, 2.75) is 45.4 Å². The number of halogens is 1. The van der Waals surface area contributed by atoms with Crippen LogP contribution < -0.4 is 4.74 Å². The van der Waals surface area contributed by atoms with Gasteiger partial charge in [-0.15, -0.1) is 12.4 Å². The second-order valence-corrected chi connectivity index (χ2v) is 7.36. The zero-order valence-corrected chi connectivity index (χ0v) is 17.1. The number of aryl methyl sites for hydroxylation is 2. The van der Waals surface area contributed by atoms with Crippen LogP contribution in [0.2, 0.25) is 0 Å². The molecule has 28 heavy (non-hydrogen) atoms. The fourth-order valence-electron chi connectivity index (χ4n) is 3.79. The van der Waals surface area contributed by atoms with E-state index in [1.165, 1.54) is 0 Å². The quantitative estimate of drug-likeness (QED) is 0.665. The molecule has 1 saturated heterocycles. The molecule has 1 aromatic heterocycles. The minimum Gasteiger partial charge on any atom is -0.491 e. The number of ether oxygens (including phenoxy) is 2. The maximum atomic E-state index is 10.6. The predicted molar refractivity (Wildman–Crippen MR) is 112 cm³/mol. The number of imidazole rings is 1. The monoisotopic (exact) mass is 402 g/mol. The first kappa shape index (κ1) is 20.6. The molecule has 2 aromatic carbocycles. The van der Waals surface area contributed by atoms with Gasteiger partial charge in [0, 0.05) is 6.61 Å². The van der Waals surface area contributed by atoms with Crippen molar-refractivity contribution in [3.8, 4) is 5.75 Å². The molecule has 2 unspecified atom stereocenters. The van der Waals surface area contributed by atoms with E-state index in [4.69, 9.17) is 14.5 Å². The van der Waals surface area contributed by atoms with Crippen LogP contribution in [0.5, 0.6) is 5.75 Å². The molecule has 3 aromatic rings. The summed E-state index contributed by atoms with van der Waals surface area (Å²) in [7, 11) is 0. The van der Waals surface area contributed by atoms with Gasteiger partial charge in [-0.1, -0.05) is 18.2 Å². The van der Waals surface area contributed by atoms with Crippen molar-refractivity contribution in [2.75, 3.05) is 13.2 Å². The first-order valence-electron chi connectivity index (χ1n) is 9.56. The Hall–Kier alpha value is -2.08. The van der Waals surface area contributed by atoms with E-state index in [-0.39, 0.29) is 25.1 Å². The molecule has 5 nitrogen and oxygen atoms in total. The third-order valence-electron chi connectivity index (χ3n) is 4.93. The molecule has 1 N–H and O–H groups in total. The number of aliphatic hydroxyl groups is 1. The van der Waals surface area contributed by atoms with Gasteiger partial charge in [0.05, 0.1) is 17.6 Å². The smallest absolute Gasteiger partial charge is 0.139 e. The van der Waals surface area contributed by atoms with Crippen LogP contribution in [0.3, 0.4) is 0 Å². The average molecular weight is 403 g/mol. The molecule has 2 atom stereocenters. The molecule has 0 radical (unpaired) electrons. The van der Waals surface area contributed by atoms with Crippen molar-refractivity contribution >= 4 is 23.4 Å². The summed E-state index contributed by atoms with van der Waals surface area (Å²) in [5, 5.41) is 10.6. The number of hydrogen-bond donors (Lipinski definition) is 1. The van der Waals surface area contributed by atoms with Gasteiger partial charge in [0.2, 0.25) is 0 Å². The van der Waals surface area contributed by atoms with Gasteiger partial charge in [0.25, 0.3) is 0 Å². The van der Waals surface area contributed by atoms with Crippen LogP contribution in [-0.4, -0.2) is 34.0 Å². The van der Waals surface area contributed by atoms with Crippen molar-refractivity contribution < 1.29 is 14.6 Å². The molecule has 0 amide bonds. The lowest BCUT2D eigenvalue weighted by Crippen LogP contribution is -2.25. The van der Waals surface area contributed by atoms with Crippen molar-refractivity contribution in [2.24, 2.45) is 0 Å². The lowest BCUT2D eigenvalue weighted by Gasteiger charge is -2.18. The van der Waals surface area contributed by atoms with E-state index >= 15 is 0 Å². The predicted octanol–water partition coefficient (Wildman–Crippen LogP) is 4.37. The van der Waals surface area contributed by atoms with Crippen LogP contribution in [0.15, 0.2) is 42.5 Å². The number of hydrogen-bond acceptors (Lipinski definition) is 4. The van der Waals surface area contributed by atoms with Gasteiger partial charge in [-0.3, -0.25) is 0 Å². The van der Waals surface area contributed by atoms with Crippen LogP contribution in [0, 0.1) is 13.8 Å². The van der Waals surface area contributed by atoms with Gasteiger partial charge in [0.15, 0.2) is 0 Å². The summed E-state index contributed by atoms with van der Waals surface area (Å²) in [5.74, 6) is 1.69. The van der Waals surface area contributed by atoms with Crippen LogP contribution in [0.25, 0.3) is 11.0 Å². The summed E-state index contributed by atoms with van der Waals surface area (Å²) in [4.78, 5) is 4.78. The largest absolute Gasteiger partial charge is 0.491 e. The number of nitrogens with zero attached hydrogens (tertiary/aromatic N) is 2. The van der Waals surface area contributed by atoms with Crippen molar-refractivity contribution in [3.05, 3.63) is 59.4 Å². The van der Waals surface area contributed by atoms with E-state index in [1.807, 2.05) is 50.2 Å². The van der Waals surface area contributed by atoms with E-state index in [0.29, 0.717) is 6.54 Å². The minimum atomic E-state index is -0.636. The highest BCUT2D eigenvalue weighted by molar-refractivity contribution is 5.85. The zero-order valence-electron chi connectivity index (χ0n) is 16.3. The highest BCUT2D eigenvalue weighted by Gasteiger charge is 2.25. The van der Waals surface area contributed by atoms with Gasteiger partial charge in [-0.05, 0) is 62.1 Å². The normalized spacial score (nSPS) is 17.5. The second-order valence-electron chi connectivity index (χ2n) is 7.36. The Balaban J connectivity index is 0.00000225. The molecule has 0 bridgehead atoms. The summed E-state index contributed by atoms with van der Waals surface area (Å²) in [6, 6.07) is 14.1. The molecule has 4 rings (SSSR count). The molecule has 2 heterocycles. The van der Waals surface area contributed by atoms with E-state index < -0.39 is 6.10 Å². The lowest BCUT2D eigenvalue weighted by molar-refractivity contribution is 0.0805. The first-order chi connectivity index (χ1) is 13.1. The molecule has 1 aliphatic rings. The summed E-state index contributed by atoms with van der Waals surface area (Å²) >= 11 is 0. The molecule has 150 valence electrons. The third kappa shape index (κ3) is 4.49. The Morgan fingerprint density at radius 3 is 2.68 bits per heavy atom. The highest BCUT2D eigenvalue weighted by atomic mass is 35.5. The molecule has 0 aliphatic carbocycles. The molecule has 0 saturated carbocycles. The van der Waals surface area contributed by atoms with E-state index in [1.54, 1.807) is 0 Å². The number of para-hydroxylation sites is 2. The lowest BCUT2D eigenvalue weighted by atomic mass is 10.1.